The number of aromatic nitrogens is 2. The largest absolute Gasteiger partial charge is 0.322 e. The molecule has 6 nitrogen and oxygen atoms in total. The van der Waals surface area contributed by atoms with E-state index in [1.807, 2.05) is 32.7 Å². The maximum absolute atomic E-state index is 13.9. The van der Waals surface area contributed by atoms with E-state index >= 15 is 0 Å². The molecule has 156 valence electrons. The number of Topliss-reactive ketones (excluding diaryl/α,β-unsaturated/α-hetero) is 1. The molecule has 1 N–H and O–H groups in total. The number of rotatable bonds is 5. The van der Waals surface area contributed by atoms with Crippen molar-refractivity contribution < 1.29 is 18.4 Å². The fraction of sp³-hybridized carbons (Fsp3) is 0.476. The number of anilines is 1. The first-order chi connectivity index (χ1) is 13.7. The van der Waals surface area contributed by atoms with Gasteiger partial charge in [-0.15, -0.1) is 0 Å². The Morgan fingerprint density at radius 2 is 1.86 bits per heavy atom. The SMILES string of the molecule is Cc1nn(C)c(C)c1NC(=O)C(C)N1CCC(C(=O)c2cc(F)ccc2F)CC1. The number of aryl methyl sites for hydroxylation is 2. The summed E-state index contributed by atoms with van der Waals surface area (Å²) in [5.74, 6) is -2.21. The van der Waals surface area contributed by atoms with Crippen molar-refractivity contribution in [3.63, 3.8) is 0 Å². The first-order valence-electron chi connectivity index (χ1n) is 9.73. The highest BCUT2D eigenvalue weighted by molar-refractivity contribution is 5.98. The lowest BCUT2D eigenvalue weighted by molar-refractivity contribution is -0.121. The summed E-state index contributed by atoms with van der Waals surface area (Å²) >= 11 is 0. The van der Waals surface area contributed by atoms with E-state index in [-0.39, 0.29) is 29.2 Å². The minimum atomic E-state index is -0.700. The Labute approximate surface area is 168 Å². The first-order valence-corrected chi connectivity index (χ1v) is 9.73. The maximum atomic E-state index is 13.9. The van der Waals surface area contributed by atoms with Crippen molar-refractivity contribution in [2.45, 2.75) is 39.7 Å². The smallest absolute Gasteiger partial charge is 0.241 e. The van der Waals surface area contributed by atoms with Crippen molar-refractivity contribution in [2.24, 2.45) is 13.0 Å². The number of carbonyl (C=O) groups excluding carboxylic acids is 2. The molecule has 0 aliphatic carbocycles. The van der Waals surface area contributed by atoms with Gasteiger partial charge in [-0.3, -0.25) is 19.2 Å². The molecule has 1 aliphatic heterocycles. The fourth-order valence-corrected chi connectivity index (χ4v) is 3.80. The van der Waals surface area contributed by atoms with Gasteiger partial charge < -0.3 is 5.32 Å². The second-order valence-electron chi connectivity index (χ2n) is 7.63. The predicted molar refractivity (Wildman–Crippen MR) is 106 cm³/mol. The van der Waals surface area contributed by atoms with Crippen molar-refractivity contribution in [3.8, 4) is 0 Å². The van der Waals surface area contributed by atoms with E-state index in [4.69, 9.17) is 0 Å². The Hall–Kier alpha value is -2.61. The molecule has 1 amide bonds. The summed E-state index contributed by atoms with van der Waals surface area (Å²) in [5.41, 5.74) is 2.16. The highest BCUT2D eigenvalue weighted by Crippen LogP contribution is 2.25. The molecule has 0 bridgehead atoms. The van der Waals surface area contributed by atoms with Crippen LogP contribution in [0.4, 0.5) is 14.5 Å². The van der Waals surface area contributed by atoms with E-state index in [1.165, 1.54) is 0 Å². The molecular formula is C21H26F2N4O2. The third-order valence-corrected chi connectivity index (χ3v) is 5.78. The van der Waals surface area contributed by atoms with Gasteiger partial charge in [0, 0.05) is 13.0 Å². The number of hydrogen-bond donors (Lipinski definition) is 1. The average molecular weight is 404 g/mol. The van der Waals surface area contributed by atoms with Crippen LogP contribution in [0.25, 0.3) is 0 Å². The summed E-state index contributed by atoms with van der Waals surface area (Å²) in [4.78, 5) is 27.3. The molecule has 1 aromatic carbocycles. The van der Waals surface area contributed by atoms with Gasteiger partial charge >= 0.3 is 0 Å². The number of nitrogens with zero attached hydrogens (tertiary/aromatic N) is 3. The van der Waals surface area contributed by atoms with Gasteiger partial charge in [-0.2, -0.15) is 5.10 Å². The van der Waals surface area contributed by atoms with Crippen LogP contribution in [0.5, 0.6) is 0 Å². The fourth-order valence-electron chi connectivity index (χ4n) is 3.80. The summed E-state index contributed by atoms with van der Waals surface area (Å²) in [6, 6.07) is 2.56. The van der Waals surface area contributed by atoms with E-state index in [9.17, 15) is 18.4 Å². The van der Waals surface area contributed by atoms with Gasteiger partial charge in [-0.1, -0.05) is 0 Å². The van der Waals surface area contributed by atoms with Gasteiger partial charge in [0.25, 0.3) is 0 Å². The third-order valence-electron chi connectivity index (χ3n) is 5.78. The number of likely N-dealkylation sites (tertiary alicyclic amines) is 1. The second kappa shape index (κ2) is 8.41. The molecule has 1 saturated heterocycles. The Balaban J connectivity index is 1.60. The molecule has 3 rings (SSSR count). The lowest BCUT2D eigenvalue weighted by atomic mass is 9.88. The zero-order valence-electron chi connectivity index (χ0n) is 17.1. The molecule has 1 atom stereocenters. The van der Waals surface area contributed by atoms with Gasteiger partial charge in [0.15, 0.2) is 5.78 Å². The number of nitrogens with one attached hydrogen (secondary N) is 1. The van der Waals surface area contributed by atoms with Crippen molar-refractivity contribution in [3.05, 3.63) is 46.8 Å². The van der Waals surface area contributed by atoms with Gasteiger partial charge in [-0.25, -0.2) is 8.78 Å². The van der Waals surface area contributed by atoms with Crippen molar-refractivity contribution in [1.29, 1.82) is 0 Å². The van der Waals surface area contributed by atoms with Gasteiger partial charge in [0.2, 0.25) is 5.91 Å². The Bertz CT molecular complexity index is 933. The lowest BCUT2D eigenvalue weighted by Crippen LogP contribution is -2.47. The Kier molecular flexibility index (Phi) is 6.12. The van der Waals surface area contributed by atoms with E-state index in [1.54, 1.807) is 4.68 Å². The number of carbonyl (C=O) groups is 2. The molecule has 1 unspecified atom stereocenters. The Morgan fingerprint density at radius 1 is 1.21 bits per heavy atom. The molecule has 2 aromatic rings. The summed E-state index contributed by atoms with van der Waals surface area (Å²) < 4.78 is 29.0. The number of hydrogen-bond acceptors (Lipinski definition) is 4. The minimum Gasteiger partial charge on any atom is -0.322 e. The summed E-state index contributed by atoms with van der Waals surface area (Å²) in [7, 11) is 1.82. The van der Waals surface area contributed by atoms with Gasteiger partial charge in [-0.05, 0) is 64.9 Å². The standard InChI is InChI=1S/C21H26F2N4O2/c1-12-19(13(2)26(4)25-12)24-21(29)14(3)27-9-7-15(8-10-27)20(28)17-11-16(22)5-6-18(17)23/h5-6,11,14-15H,7-10H2,1-4H3,(H,24,29). The topological polar surface area (TPSA) is 67.2 Å². The normalized spacial score (nSPS) is 16.6. The molecule has 8 heteroatoms. The summed E-state index contributed by atoms with van der Waals surface area (Å²) in [6.07, 6.45) is 0.995. The molecule has 1 aromatic heterocycles. The van der Waals surface area contributed by atoms with Crippen LogP contribution in [0.1, 0.15) is 41.5 Å². The predicted octanol–water partition coefficient (Wildman–Crippen LogP) is 3.24. The van der Waals surface area contributed by atoms with Crippen molar-refractivity contribution in [2.75, 3.05) is 18.4 Å². The average Bonchev–Trinajstić information content (AvgIpc) is 2.94. The molecule has 29 heavy (non-hydrogen) atoms. The zero-order valence-corrected chi connectivity index (χ0v) is 17.1. The van der Waals surface area contributed by atoms with Crippen LogP contribution in [0.3, 0.4) is 0 Å². The van der Waals surface area contributed by atoms with Crippen LogP contribution < -0.4 is 5.32 Å². The van der Waals surface area contributed by atoms with Crippen LogP contribution in [-0.2, 0) is 11.8 Å². The highest BCUT2D eigenvalue weighted by Gasteiger charge is 2.31. The monoisotopic (exact) mass is 404 g/mol. The Morgan fingerprint density at radius 3 is 2.45 bits per heavy atom. The van der Waals surface area contributed by atoms with E-state index in [0.29, 0.717) is 25.9 Å². The van der Waals surface area contributed by atoms with E-state index in [2.05, 4.69) is 10.4 Å². The summed E-state index contributed by atoms with van der Waals surface area (Å²) in [5, 5.41) is 7.25. The molecule has 1 aliphatic rings. The van der Waals surface area contributed by atoms with Crippen LogP contribution >= 0.6 is 0 Å². The number of halogens is 2. The van der Waals surface area contributed by atoms with Gasteiger partial charge in [0.05, 0.1) is 28.7 Å². The molecule has 0 radical (unpaired) electrons. The van der Waals surface area contributed by atoms with Crippen LogP contribution in [0, 0.1) is 31.4 Å². The second-order valence-corrected chi connectivity index (χ2v) is 7.63. The van der Waals surface area contributed by atoms with Crippen LogP contribution in [-0.4, -0.2) is 45.5 Å². The van der Waals surface area contributed by atoms with Crippen LogP contribution in [0.2, 0.25) is 0 Å². The maximum Gasteiger partial charge on any atom is 0.241 e. The minimum absolute atomic E-state index is 0.134. The number of piperidine rings is 1. The number of amides is 1. The highest BCUT2D eigenvalue weighted by atomic mass is 19.1. The quantitative estimate of drug-likeness (QED) is 0.777. The number of ketones is 1. The molecular weight excluding hydrogens is 378 g/mol. The van der Waals surface area contributed by atoms with E-state index in [0.717, 1.165) is 35.3 Å². The van der Waals surface area contributed by atoms with E-state index < -0.39 is 11.6 Å². The van der Waals surface area contributed by atoms with Gasteiger partial charge in [0.1, 0.15) is 11.6 Å². The van der Waals surface area contributed by atoms with Crippen molar-refractivity contribution in [1.82, 2.24) is 14.7 Å². The lowest BCUT2D eigenvalue weighted by Gasteiger charge is -2.34. The summed E-state index contributed by atoms with van der Waals surface area (Å²) in [6.45, 7) is 6.63. The number of benzene rings is 1. The molecule has 1 fully saturated rings. The third kappa shape index (κ3) is 4.37. The molecule has 0 spiro atoms. The zero-order chi connectivity index (χ0) is 21.3. The molecule has 0 saturated carbocycles. The van der Waals surface area contributed by atoms with Crippen molar-refractivity contribution >= 4 is 17.4 Å². The molecule has 2 heterocycles. The van der Waals surface area contributed by atoms with Crippen LogP contribution in [0.15, 0.2) is 18.2 Å². The first kappa shape index (κ1) is 21.1.